The summed E-state index contributed by atoms with van der Waals surface area (Å²) in [5, 5.41) is 19.2. The Balaban J connectivity index is 1.78. The molecule has 0 saturated carbocycles. The summed E-state index contributed by atoms with van der Waals surface area (Å²) in [4.78, 5) is 4.84. The fraction of sp³-hybridized carbons (Fsp3) is 0.647. The molecular formula is C17H28N2O2. The molecule has 0 unspecified atom stereocenters. The number of hydrogen-bond donors (Lipinski definition) is 2. The van der Waals surface area contributed by atoms with E-state index in [9.17, 15) is 5.11 Å². The van der Waals surface area contributed by atoms with Crippen LogP contribution in [0.25, 0.3) is 0 Å². The van der Waals surface area contributed by atoms with Gasteiger partial charge in [0, 0.05) is 38.8 Å². The van der Waals surface area contributed by atoms with Crippen LogP contribution in [0.1, 0.15) is 31.4 Å². The summed E-state index contributed by atoms with van der Waals surface area (Å²) in [6, 6.07) is 10.4. The first-order chi connectivity index (χ1) is 10.2. The zero-order chi connectivity index (χ0) is 15.1. The highest BCUT2D eigenvalue weighted by Gasteiger charge is 2.25. The molecule has 0 radical (unpaired) electrons. The smallest absolute Gasteiger partial charge is 0.0917 e. The Hall–Kier alpha value is -0.940. The summed E-state index contributed by atoms with van der Waals surface area (Å²) in [6.45, 7) is 7.40. The maximum atomic E-state index is 10.3. The van der Waals surface area contributed by atoms with Crippen molar-refractivity contribution in [3.8, 4) is 0 Å². The van der Waals surface area contributed by atoms with Crippen molar-refractivity contribution in [3.63, 3.8) is 0 Å². The Labute approximate surface area is 128 Å². The molecule has 0 amide bonds. The molecule has 2 rings (SSSR count). The van der Waals surface area contributed by atoms with Crippen LogP contribution in [-0.2, 0) is 0 Å². The van der Waals surface area contributed by atoms with E-state index in [-0.39, 0.29) is 0 Å². The lowest BCUT2D eigenvalue weighted by Crippen LogP contribution is -2.52. The maximum Gasteiger partial charge on any atom is 0.0917 e. The molecule has 0 spiro atoms. The van der Waals surface area contributed by atoms with Crippen LogP contribution >= 0.6 is 0 Å². The Morgan fingerprint density at radius 2 is 1.95 bits per heavy atom. The molecule has 4 nitrogen and oxygen atoms in total. The third kappa shape index (κ3) is 5.08. The SMILES string of the molecule is C[C@H]1CN(CCCCO)CCN1C[C@@H](O)c1ccccc1. The summed E-state index contributed by atoms with van der Waals surface area (Å²) in [7, 11) is 0. The molecule has 2 atom stereocenters. The first-order valence-electron chi connectivity index (χ1n) is 8.01. The van der Waals surface area contributed by atoms with E-state index in [2.05, 4.69) is 16.7 Å². The summed E-state index contributed by atoms with van der Waals surface area (Å²) >= 11 is 0. The number of β-amino-alcohol motifs (C(OH)–C–C–N with tert-alkyl or cyclic N) is 1. The lowest BCUT2D eigenvalue weighted by molar-refractivity contribution is 0.0380. The molecule has 1 heterocycles. The number of rotatable bonds is 7. The van der Waals surface area contributed by atoms with E-state index in [0.717, 1.165) is 44.6 Å². The van der Waals surface area contributed by atoms with Crippen LogP contribution in [0.5, 0.6) is 0 Å². The molecule has 1 aromatic rings. The van der Waals surface area contributed by atoms with Crippen molar-refractivity contribution in [2.45, 2.75) is 31.9 Å². The van der Waals surface area contributed by atoms with Crippen LogP contribution in [-0.4, -0.2) is 65.4 Å². The molecule has 1 aliphatic heterocycles. The number of unbranched alkanes of at least 4 members (excludes halogenated alkanes) is 1. The van der Waals surface area contributed by atoms with Gasteiger partial charge in [-0.1, -0.05) is 30.3 Å². The fourth-order valence-electron chi connectivity index (χ4n) is 2.99. The van der Waals surface area contributed by atoms with Crippen molar-refractivity contribution in [1.82, 2.24) is 9.80 Å². The number of benzene rings is 1. The molecule has 2 N–H and O–H groups in total. The van der Waals surface area contributed by atoms with Crippen LogP contribution in [0.2, 0.25) is 0 Å². The van der Waals surface area contributed by atoms with E-state index in [1.807, 2.05) is 30.3 Å². The van der Waals surface area contributed by atoms with Gasteiger partial charge in [-0.2, -0.15) is 0 Å². The average molecular weight is 292 g/mol. The third-order valence-electron chi connectivity index (χ3n) is 4.32. The fourth-order valence-corrected chi connectivity index (χ4v) is 2.99. The number of aliphatic hydroxyl groups excluding tert-OH is 2. The van der Waals surface area contributed by atoms with Gasteiger partial charge in [-0.25, -0.2) is 0 Å². The van der Waals surface area contributed by atoms with Crippen molar-refractivity contribution < 1.29 is 10.2 Å². The minimum absolute atomic E-state index is 0.290. The third-order valence-corrected chi connectivity index (χ3v) is 4.32. The van der Waals surface area contributed by atoms with Gasteiger partial charge in [0.25, 0.3) is 0 Å². The molecule has 0 aliphatic carbocycles. The van der Waals surface area contributed by atoms with Gasteiger partial charge in [0.2, 0.25) is 0 Å². The van der Waals surface area contributed by atoms with Crippen LogP contribution in [0.3, 0.4) is 0 Å². The Morgan fingerprint density at radius 3 is 2.62 bits per heavy atom. The van der Waals surface area contributed by atoms with Crippen molar-refractivity contribution in [3.05, 3.63) is 35.9 Å². The number of aliphatic hydroxyl groups is 2. The van der Waals surface area contributed by atoms with Crippen molar-refractivity contribution in [1.29, 1.82) is 0 Å². The number of piperazine rings is 1. The lowest BCUT2D eigenvalue weighted by Gasteiger charge is -2.40. The monoisotopic (exact) mass is 292 g/mol. The van der Waals surface area contributed by atoms with Crippen LogP contribution in [0.15, 0.2) is 30.3 Å². The zero-order valence-electron chi connectivity index (χ0n) is 13.0. The first-order valence-corrected chi connectivity index (χ1v) is 8.01. The maximum absolute atomic E-state index is 10.3. The van der Waals surface area contributed by atoms with Gasteiger partial charge in [0.15, 0.2) is 0 Å². The van der Waals surface area contributed by atoms with Crippen LogP contribution in [0.4, 0.5) is 0 Å². The average Bonchev–Trinajstić information content (AvgIpc) is 2.51. The standard InChI is InChI=1S/C17H28N2O2/c1-15-13-18(9-5-6-12-20)10-11-19(15)14-17(21)16-7-3-2-4-8-16/h2-4,7-8,15,17,20-21H,5-6,9-14H2,1H3/t15-,17+/m0/s1. The summed E-state index contributed by atoms with van der Waals surface area (Å²) < 4.78 is 0. The molecule has 21 heavy (non-hydrogen) atoms. The van der Waals surface area contributed by atoms with Crippen LogP contribution < -0.4 is 0 Å². The van der Waals surface area contributed by atoms with Gasteiger partial charge < -0.3 is 15.1 Å². The molecular weight excluding hydrogens is 264 g/mol. The van der Waals surface area contributed by atoms with Gasteiger partial charge >= 0.3 is 0 Å². The topological polar surface area (TPSA) is 46.9 Å². The molecule has 0 bridgehead atoms. The minimum Gasteiger partial charge on any atom is -0.396 e. The van der Waals surface area contributed by atoms with E-state index in [1.165, 1.54) is 0 Å². The molecule has 1 fully saturated rings. The Bertz CT molecular complexity index is 399. The Kier molecular flexibility index (Phi) is 6.64. The first kappa shape index (κ1) is 16.4. The second-order valence-corrected chi connectivity index (χ2v) is 6.00. The second kappa shape index (κ2) is 8.49. The summed E-state index contributed by atoms with van der Waals surface area (Å²) in [6.07, 6.45) is 1.55. The van der Waals surface area contributed by atoms with E-state index in [1.54, 1.807) is 0 Å². The van der Waals surface area contributed by atoms with E-state index >= 15 is 0 Å². The van der Waals surface area contributed by atoms with Crippen molar-refractivity contribution in [2.75, 3.05) is 39.3 Å². The molecule has 118 valence electrons. The van der Waals surface area contributed by atoms with E-state index in [4.69, 9.17) is 5.11 Å². The van der Waals surface area contributed by atoms with Crippen LogP contribution in [0, 0.1) is 0 Å². The highest BCUT2D eigenvalue weighted by molar-refractivity contribution is 5.17. The molecule has 1 aromatic carbocycles. The summed E-state index contributed by atoms with van der Waals surface area (Å²) in [5.74, 6) is 0. The van der Waals surface area contributed by atoms with E-state index < -0.39 is 6.10 Å². The Morgan fingerprint density at radius 1 is 1.19 bits per heavy atom. The highest BCUT2D eigenvalue weighted by atomic mass is 16.3. The molecule has 1 saturated heterocycles. The van der Waals surface area contributed by atoms with Crippen molar-refractivity contribution in [2.24, 2.45) is 0 Å². The predicted molar refractivity (Wildman–Crippen MR) is 85.2 cm³/mol. The van der Waals surface area contributed by atoms with Gasteiger partial charge in [0.1, 0.15) is 0 Å². The quantitative estimate of drug-likeness (QED) is 0.748. The molecule has 0 aromatic heterocycles. The highest BCUT2D eigenvalue weighted by Crippen LogP contribution is 2.18. The van der Waals surface area contributed by atoms with Crippen molar-refractivity contribution >= 4 is 0 Å². The largest absolute Gasteiger partial charge is 0.396 e. The second-order valence-electron chi connectivity index (χ2n) is 6.00. The van der Waals surface area contributed by atoms with Gasteiger partial charge in [0.05, 0.1) is 6.10 Å². The normalized spacial score (nSPS) is 22.3. The number of hydrogen-bond acceptors (Lipinski definition) is 4. The minimum atomic E-state index is -0.408. The predicted octanol–water partition coefficient (Wildman–Crippen LogP) is 1.50. The summed E-state index contributed by atoms with van der Waals surface area (Å²) in [5.41, 5.74) is 0.995. The number of nitrogens with zero attached hydrogens (tertiary/aromatic N) is 2. The van der Waals surface area contributed by atoms with E-state index in [0.29, 0.717) is 19.2 Å². The van der Waals surface area contributed by atoms with Gasteiger partial charge in [-0.05, 0) is 31.9 Å². The molecule has 1 aliphatic rings. The van der Waals surface area contributed by atoms with Gasteiger partial charge in [-0.3, -0.25) is 4.90 Å². The molecule has 4 heteroatoms. The van der Waals surface area contributed by atoms with Gasteiger partial charge in [-0.15, -0.1) is 0 Å². The lowest BCUT2D eigenvalue weighted by atomic mass is 10.1. The zero-order valence-corrected chi connectivity index (χ0v) is 13.0.